The molecule has 2 aliphatic rings. The van der Waals surface area contributed by atoms with Gasteiger partial charge in [-0.15, -0.1) is 0 Å². The van der Waals surface area contributed by atoms with E-state index in [2.05, 4.69) is 32.1 Å². The number of carbonyl (C=O) groups is 2. The monoisotopic (exact) mass is 945 g/mol. The summed E-state index contributed by atoms with van der Waals surface area (Å²) >= 11 is 0. The average Bonchev–Trinajstić information content (AvgIpc) is 3.31. The fourth-order valence-corrected chi connectivity index (χ4v) is 8.10. The van der Waals surface area contributed by atoms with Gasteiger partial charge in [-0.05, 0) is 44.9 Å². The van der Waals surface area contributed by atoms with E-state index in [0.717, 1.165) is 44.9 Å². The first-order chi connectivity index (χ1) is 32.0. The van der Waals surface area contributed by atoms with Crippen LogP contribution in [0.25, 0.3) is 0 Å². The molecule has 0 aromatic rings. The third-order valence-electron chi connectivity index (χ3n) is 12.4. The molecule has 2 fully saturated rings. The van der Waals surface area contributed by atoms with Gasteiger partial charge in [0.15, 0.2) is 18.7 Å². The van der Waals surface area contributed by atoms with Crippen LogP contribution in [0.15, 0.2) is 24.3 Å². The smallest absolute Gasteiger partial charge is 0.306 e. The van der Waals surface area contributed by atoms with E-state index < -0.39 is 99.3 Å². The lowest BCUT2D eigenvalue weighted by atomic mass is 9.98. The molecule has 66 heavy (non-hydrogen) atoms. The van der Waals surface area contributed by atoms with Crippen LogP contribution in [-0.2, 0) is 38.0 Å². The zero-order chi connectivity index (χ0) is 48.2. The molecular weight excluding hydrogens is 853 g/mol. The van der Waals surface area contributed by atoms with Crippen LogP contribution < -0.4 is 0 Å². The van der Waals surface area contributed by atoms with Crippen LogP contribution >= 0.6 is 0 Å². The van der Waals surface area contributed by atoms with Gasteiger partial charge in [0.05, 0.1) is 19.8 Å². The molecule has 2 rings (SSSR count). The van der Waals surface area contributed by atoms with Crippen molar-refractivity contribution in [3.05, 3.63) is 24.3 Å². The topological polar surface area (TPSA) is 231 Å². The largest absolute Gasteiger partial charge is 0.462 e. The summed E-state index contributed by atoms with van der Waals surface area (Å²) in [5.74, 6) is -0.979. The highest BCUT2D eigenvalue weighted by Crippen LogP contribution is 2.26. The Bertz CT molecular complexity index is 1250. The molecule has 0 aromatic heterocycles. The number of hydrogen-bond donors (Lipinski definition) is 7. The minimum atomic E-state index is -1.77. The first kappa shape index (κ1) is 60.1. The molecule has 2 saturated heterocycles. The van der Waals surface area contributed by atoms with Gasteiger partial charge in [-0.25, -0.2) is 0 Å². The summed E-state index contributed by atoms with van der Waals surface area (Å²) in [6, 6.07) is 0. The molecule has 0 amide bonds. The second-order valence-corrected chi connectivity index (χ2v) is 18.3. The highest BCUT2D eigenvalue weighted by Gasteiger charge is 2.47. The van der Waals surface area contributed by atoms with Gasteiger partial charge in [0.1, 0.15) is 55.4 Å². The van der Waals surface area contributed by atoms with E-state index in [1.165, 1.54) is 109 Å². The first-order valence-electron chi connectivity index (χ1n) is 25.9. The highest BCUT2D eigenvalue weighted by molar-refractivity contribution is 5.70. The summed E-state index contributed by atoms with van der Waals surface area (Å²) in [4.78, 5) is 25.7. The van der Waals surface area contributed by atoms with Gasteiger partial charge in [0.2, 0.25) is 0 Å². The molecule has 2 heterocycles. The second-order valence-electron chi connectivity index (χ2n) is 18.3. The van der Waals surface area contributed by atoms with Gasteiger partial charge >= 0.3 is 11.9 Å². The quantitative estimate of drug-likeness (QED) is 0.0184. The Kier molecular flexibility index (Phi) is 35.3. The Morgan fingerprint density at radius 3 is 1.44 bits per heavy atom. The molecule has 0 saturated carbocycles. The third kappa shape index (κ3) is 26.7. The van der Waals surface area contributed by atoms with Crippen LogP contribution in [-0.4, -0.2) is 142 Å². The van der Waals surface area contributed by atoms with Crippen molar-refractivity contribution < 1.29 is 73.8 Å². The first-order valence-corrected chi connectivity index (χ1v) is 25.9. The summed E-state index contributed by atoms with van der Waals surface area (Å²) in [6.45, 7) is 2.53. The molecule has 15 nitrogen and oxygen atoms in total. The van der Waals surface area contributed by atoms with E-state index in [1.54, 1.807) is 0 Å². The molecule has 0 aromatic carbocycles. The number of carbonyl (C=O) groups excluding carboxylic acids is 2. The Hall–Kier alpha value is -2.02. The number of aliphatic hydroxyl groups excluding tert-OH is 7. The van der Waals surface area contributed by atoms with Crippen LogP contribution in [0.3, 0.4) is 0 Å². The molecular formula is C51H92O15. The van der Waals surface area contributed by atoms with Crippen molar-refractivity contribution in [1.29, 1.82) is 0 Å². The fraction of sp³-hybridized carbons (Fsp3) is 0.882. The summed E-state index contributed by atoms with van der Waals surface area (Å²) in [6.07, 6.45) is 22.2. The highest BCUT2D eigenvalue weighted by atomic mass is 16.7. The van der Waals surface area contributed by atoms with Gasteiger partial charge < -0.3 is 64.2 Å². The molecule has 0 spiro atoms. The minimum Gasteiger partial charge on any atom is -0.462 e. The van der Waals surface area contributed by atoms with E-state index >= 15 is 0 Å². The Labute approximate surface area is 396 Å². The predicted octanol–water partition coefficient (Wildman–Crippen LogP) is 7.16. The van der Waals surface area contributed by atoms with Gasteiger partial charge in [-0.1, -0.05) is 160 Å². The number of ether oxygens (including phenoxy) is 6. The normalized spacial score (nSPS) is 26.3. The number of unbranched alkanes of at least 4 members (excludes halogenated alkanes) is 22. The molecule has 0 aliphatic carbocycles. The maximum Gasteiger partial charge on any atom is 0.306 e. The second kappa shape index (κ2) is 38.8. The molecule has 0 bridgehead atoms. The van der Waals surface area contributed by atoms with Gasteiger partial charge in [-0.3, -0.25) is 9.59 Å². The van der Waals surface area contributed by atoms with Gasteiger partial charge in [0.25, 0.3) is 0 Å². The Balaban J connectivity index is 1.82. The maximum atomic E-state index is 13.0. The summed E-state index contributed by atoms with van der Waals surface area (Å²) in [5.41, 5.74) is 0. The third-order valence-corrected chi connectivity index (χ3v) is 12.4. The summed E-state index contributed by atoms with van der Waals surface area (Å²) < 4.78 is 33.5. The number of aliphatic hydroxyl groups is 7. The standard InChI is InChI=1S/C51H92O15/c1-3-5-7-9-11-13-15-17-19-21-23-25-27-29-31-33-42(53)61-36-39(64-43(54)34-32-30-28-26-24-22-20-18-16-14-12-10-8-6-4-2)37-62-50-49(60)47(58)45(56)41(66-50)38-63-51-48(59)46(57)44(55)40(35-52)65-51/h10,12,27,29,39-41,44-52,55-60H,3-9,11,13-26,28,30-38H2,1-2H3/b12-10+,29-27+/t39-,40-,41-,44+,45+,46?,47?,48?,49?,50-,51-/m1/s1. The SMILES string of the molecule is CCCC/C=C/CCCCCCCCCCCC(=O)O[C@H](COC(=O)CC/C=C/CCCCCCCCCCCCC)CO[C@@H]1O[C@H](CO[C@@H]2O[C@H](CO)[C@H](O)C(O)C2O)[C@H](O)C(O)C1O. The van der Waals surface area contributed by atoms with E-state index in [1.807, 2.05) is 6.08 Å². The lowest BCUT2D eigenvalue weighted by Crippen LogP contribution is -2.61. The molecule has 15 heteroatoms. The lowest BCUT2D eigenvalue weighted by molar-refractivity contribution is -0.332. The average molecular weight is 945 g/mol. The predicted molar refractivity (Wildman–Crippen MR) is 252 cm³/mol. The van der Waals surface area contributed by atoms with Crippen LogP contribution in [0.2, 0.25) is 0 Å². The summed E-state index contributed by atoms with van der Waals surface area (Å²) in [5, 5.41) is 72.0. The van der Waals surface area contributed by atoms with Crippen molar-refractivity contribution in [1.82, 2.24) is 0 Å². The van der Waals surface area contributed by atoms with Crippen molar-refractivity contribution in [2.75, 3.05) is 26.4 Å². The Morgan fingerprint density at radius 1 is 0.470 bits per heavy atom. The minimum absolute atomic E-state index is 0.136. The van der Waals surface area contributed by atoms with Gasteiger partial charge in [-0.2, -0.15) is 0 Å². The maximum absolute atomic E-state index is 13.0. The molecule has 11 atom stereocenters. The van der Waals surface area contributed by atoms with Crippen LogP contribution in [0, 0.1) is 0 Å². The zero-order valence-electron chi connectivity index (χ0n) is 40.7. The zero-order valence-corrected chi connectivity index (χ0v) is 40.7. The van der Waals surface area contributed by atoms with E-state index in [-0.39, 0.29) is 19.4 Å². The van der Waals surface area contributed by atoms with Crippen molar-refractivity contribution in [3.8, 4) is 0 Å². The Morgan fingerprint density at radius 2 is 0.909 bits per heavy atom. The lowest BCUT2D eigenvalue weighted by Gasteiger charge is -2.42. The van der Waals surface area contributed by atoms with Crippen LogP contribution in [0.5, 0.6) is 0 Å². The number of rotatable bonds is 40. The summed E-state index contributed by atoms with van der Waals surface area (Å²) in [7, 11) is 0. The molecule has 386 valence electrons. The number of allylic oxidation sites excluding steroid dienone is 4. The van der Waals surface area contributed by atoms with Crippen molar-refractivity contribution in [2.24, 2.45) is 0 Å². The van der Waals surface area contributed by atoms with E-state index in [0.29, 0.717) is 12.8 Å². The molecule has 4 unspecified atom stereocenters. The van der Waals surface area contributed by atoms with Crippen LogP contribution in [0.1, 0.15) is 194 Å². The molecule has 7 N–H and O–H groups in total. The molecule has 2 aliphatic heterocycles. The number of hydrogen-bond acceptors (Lipinski definition) is 15. The number of esters is 2. The van der Waals surface area contributed by atoms with Crippen molar-refractivity contribution in [3.63, 3.8) is 0 Å². The van der Waals surface area contributed by atoms with E-state index in [9.17, 15) is 45.3 Å². The van der Waals surface area contributed by atoms with Gasteiger partial charge in [0, 0.05) is 12.8 Å². The fourth-order valence-electron chi connectivity index (χ4n) is 8.10. The van der Waals surface area contributed by atoms with Crippen molar-refractivity contribution >= 4 is 11.9 Å². The van der Waals surface area contributed by atoms with Crippen LogP contribution in [0.4, 0.5) is 0 Å². The van der Waals surface area contributed by atoms with E-state index in [4.69, 9.17) is 28.4 Å². The van der Waals surface area contributed by atoms with Crippen molar-refractivity contribution in [2.45, 2.75) is 261 Å². The molecule has 0 radical (unpaired) electrons.